The quantitative estimate of drug-likeness (QED) is 0.0546. The minimum absolute atomic E-state index is 0.0751. The highest BCUT2D eigenvalue weighted by molar-refractivity contribution is 5.90. The first-order valence-electron chi connectivity index (χ1n) is 10.5. The Kier molecular flexibility index (Phi) is 5.23. The lowest BCUT2D eigenvalue weighted by atomic mass is 9.78. The Labute approximate surface area is 195 Å². The van der Waals surface area contributed by atoms with E-state index in [4.69, 9.17) is 31.1 Å². The molecule has 5 heterocycles. The van der Waals surface area contributed by atoms with Gasteiger partial charge in [-0.3, -0.25) is 31.6 Å². The summed E-state index contributed by atoms with van der Waals surface area (Å²) < 4.78 is 7.27. The highest BCUT2D eigenvalue weighted by Gasteiger charge is 2.86. The summed E-state index contributed by atoms with van der Waals surface area (Å²) in [5.41, 5.74) is 9.32. The number of fused-ring (bicyclic) bond motifs is 2. The van der Waals surface area contributed by atoms with Crippen LogP contribution >= 0.6 is 0 Å². The van der Waals surface area contributed by atoms with Crippen LogP contribution in [0.3, 0.4) is 0 Å². The van der Waals surface area contributed by atoms with Crippen molar-refractivity contribution in [3.05, 3.63) is 0 Å². The number of carbonyl (C=O) groups is 2. The fourth-order valence-electron chi connectivity index (χ4n) is 5.88. The molecule has 5 aliphatic heterocycles. The Balaban J connectivity index is 1.72. The summed E-state index contributed by atoms with van der Waals surface area (Å²) in [6, 6.07) is -3.67. The smallest absolute Gasteiger partial charge is 0.414 e. The molecule has 3 saturated heterocycles. The molecule has 3 fully saturated rings. The number of nitrogens with one attached hydrogen (secondary N) is 3. The Morgan fingerprint density at radius 3 is 2.74 bits per heavy atom. The molecule has 0 aromatic rings. The first-order chi connectivity index (χ1) is 16.6. The molecule has 0 aromatic heterocycles. The van der Waals surface area contributed by atoms with Crippen molar-refractivity contribution in [2.45, 2.75) is 41.6 Å². The van der Waals surface area contributed by atoms with Crippen molar-refractivity contribution in [3.63, 3.8) is 0 Å². The van der Waals surface area contributed by atoms with Crippen LogP contribution in [0.2, 0.25) is 0 Å². The average molecular weight is 506 g/mol. The second-order valence-corrected chi connectivity index (χ2v) is 8.96. The second kappa shape index (κ2) is 7.73. The molecule has 0 aromatic carbocycles. The van der Waals surface area contributed by atoms with Gasteiger partial charge in [0.05, 0.1) is 19.3 Å². The van der Waals surface area contributed by atoms with Crippen molar-refractivity contribution in [1.82, 2.24) is 21.2 Å². The van der Waals surface area contributed by atoms with Gasteiger partial charge in [-0.1, -0.05) is 5.04 Å². The number of aliphatic hydroxyl groups is 3. The summed E-state index contributed by atoms with van der Waals surface area (Å²) in [5.74, 6) is -4.79. The zero-order valence-electron chi connectivity index (χ0n) is 18.0. The van der Waals surface area contributed by atoms with Gasteiger partial charge in [-0.25, -0.2) is 35.1 Å². The Morgan fingerprint density at radius 1 is 1.34 bits per heavy atom. The molecule has 194 valence electrons. The third kappa shape index (κ3) is 2.82. The number of rotatable bonds is 5. The van der Waals surface area contributed by atoms with Gasteiger partial charge in [-0.05, 0) is 0 Å². The summed E-state index contributed by atoms with van der Waals surface area (Å²) >= 11 is 0. The first kappa shape index (κ1) is 23.7. The maximum Gasteiger partial charge on any atom is 0.433 e. The SMILES string of the molecule is NC1=[N+](COC(=O)NO)C2[C@H]3NC(N)=[N+]4C[C@](OOO)(C[C@H]5[C@@H](CO)CON5C3=O)C(O)(O)C24N1. The largest absolute Gasteiger partial charge is 0.433 e. The van der Waals surface area contributed by atoms with Gasteiger partial charge in [-0.15, -0.1) is 0 Å². The minimum atomic E-state index is -3.00. The first-order valence-corrected chi connectivity index (χ1v) is 10.5. The van der Waals surface area contributed by atoms with Gasteiger partial charge in [0.1, 0.15) is 6.54 Å². The molecule has 19 nitrogen and oxygen atoms in total. The maximum absolute atomic E-state index is 13.8. The van der Waals surface area contributed by atoms with E-state index in [1.807, 2.05) is 0 Å². The van der Waals surface area contributed by atoms with Crippen molar-refractivity contribution < 1.29 is 64.0 Å². The Hall–Kier alpha value is -3.04. The molecule has 2 unspecified atom stereocenters. The highest BCUT2D eigenvalue weighted by Crippen LogP contribution is 2.52. The van der Waals surface area contributed by atoms with Crippen LogP contribution in [-0.4, -0.2) is 126 Å². The van der Waals surface area contributed by atoms with Crippen LogP contribution in [0.4, 0.5) is 4.79 Å². The molecule has 5 aliphatic rings. The lowest BCUT2D eigenvalue weighted by Crippen LogP contribution is -2.81. The standard InChI is InChI=1S/C16H24N8O11/c17-11-19-8-9-15(20-12(18)22(9)5-32-13(27)21-30)16(28,29)14(34-35-31,4-23(11)15)1-7-6(2-25)3-33-24(7)10(8)26/h6-9,25,28-29H,1-5H2,(H7,17,18,19,20,21,27,30,31)/p+2/t6-,7-,8+,9?,14+,15?/m0/s1. The molecule has 6 atom stereocenters. The van der Waals surface area contributed by atoms with Crippen LogP contribution in [0.15, 0.2) is 0 Å². The number of nitrogens with two attached hydrogens (primary N) is 2. The van der Waals surface area contributed by atoms with E-state index in [9.17, 15) is 30.2 Å². The number of aliphatic hydroxyl groups excluding tert-OH is 1. The number of amides is 2. The molecule has 2 amide bonds. The molecule has 19 heteroatoms. The minimum Gasteiger partial charge on any atom is -0.414 e. The molecular weight excluding hydrogens is 480 g/mol. The van der Waals surface area contributed by atoms with Gasteiger partial charge in [0.25, 0.3) is 11.7 Å². The average Bonchev–Trinajstić information content (AvgIpc) is 3.42. The lowest BCUT2D eigenvalue weighted by molar-refractivity contribution is -0.695. The van der Waals surface area contributed by atoms with Gasteiger partial charge in [-0.2, -0.15) is 4.89 Å². The molecule has 35 heavy (non-hydrogen) atoms. The van der Waals surface area contributed by atoms with Crippen molar-refractivity contribution in [2.24, 2.45) is 17.4 Å². The Morgan fingerprint density at radius 2 is 2.09 bits per heavy atom. The zero-order chi connectivity index (χ0) is 25.3. The van der Waals surface area contributed by atoms with E-state index in [2.05, 4.69) is 15.7 Å². The number of hydrogen-bond donors (Lipinski definition) is 10. The number of nitrogens with zero attached hydrogens (tertiary/aromatic N) is 3. The fourth-order valence-corrected chi connectivity index (χ4v) is 5.88. The van der Waals surface area contributed by atoms with E-state index in [0.717, 1.165) is 9.64 Å². The molecule has 0 radical (unpaired) electrons. The summed E-state index contributed by atoms with van der Waals surface area (Å²) in [7, 11) is 0. The van der Waals surface area contributed by atoms with Crippen molar-refractivity contribution in [1.29, 1.82) is 0 Å². The molecular formula is C16H26N8O11+2. The summed E-state index contributed by atoms with van der Waals surface area (Å²) in [5, 5.41) is 61.9. The van der Waals surface area contributed by atoms with Crippen LogP contribution in [0, 0.1) is 5.92 Å². The highest BCUT2D eigenvalue weighted by atomic mass is 17.5. The second-order valence-electron chi connectivity index (χ2n) is 8.96. The van der Waals surface area contributed by atoms with E-state index in [1.165, 1.54) is 10.1 Å². The molecule has 1 spiro atoms. The predicted molar refractivity (Wildman–Crippen MR) is 103 cm³/mol. The molecule has 0 aliphatic carbocycles. The normalized spacial score (nSPS) is 38.9. The van der Waals surface area contributed by atoms with Crippen LogP contribution in [0.25, 0.3) is 0 Å². The van der Waals surface area contributed by atoms with Crippen molar-refractivity contribution >= 4 is 23.9 Å². The summed E-state index contributed by atoms with van der Waals surface area (Å²) in [4.78, 5) is 35.9. The number of ether oxygens (including phenoxy) is 1. The maximum atomic E-state index is 13.8. The van der Waals surface area contributed by atoms with Crippen molar-refractivity contribution in [3.8, 4) is 0 Å². The molecule has 5 rings (SSSR count). The summed E-state index contributed by atoms with van der Waals surface area (Å²) in [6.07, 6.45) is -1.63. The molecule has 3 bridgehead atoms. The van der Waals surface area contributed by atoms with Crippen LogP contribution in [-0.2, 0) is 24.3 Å². The van der Waals surface area contributed by atoms with E-state index in [-0.39, 0.29) is 24.9 Å². The molecule has 0 saturated carbocycles. The number of hydrogen-bond acceptors (Lipinski definition) is 15. The third-order valence-electron chi connectivity index (χ3n) is 7.46. The van der Waals surface area contributed by atoms with Crippen LogP contribution < -0.4 is 27.6 Å². The van der Waals surface area contributed by atoms with Crippen molar-refractivity contribution in [2.75, 3.05) is 26.5 Å². The van der Waals surface area contributed by atoms with E-state index < -0.39 is 73.0 Å². The van der Waals surface area contributed by atoms with Gasteiger partial charge in [0, 0.05) is 12.3 Å². The summed E-state index contributed by atoms with van der Waals surface area (Å²) in [6.45, 7) is -1.55. The lowest BCUT2D eigenvalue weighted by Gasteiger charge is -2.42. The zero-order valence-corrected chi connectivity index (χ0v) is 18.0. The predicted octanol–water partition coefficient (Wildman–Crippen LogP) is -6.64. The van der Waals surface area contributed by atoms with Crippen LogP contribution in [0.1, 0.15) is 6.42 Å². The third-order valence-corrected chi connectivity index (χ3v) is 7.46. The monoisotopic (exact) mass is 506 g/mol. The van der Waals surface area contributed by atoms with Crippen LogP contribution in [0.5, 0.6) is 0 Å². The van der Waals surface area contributed by atoms with Gasteiger partial charge in [0.2, 0.25) is 6.73 Å². The van der Waals surface area contributed by atoms with Gasteiger partial charge >= 0.3 is 23.7 Å². The molecule has 12 N–H and O–H groups in total. The van der Waals surface area contributed by atoms with E-state index in [1.54, 1.807) is 0 Å². The van der Waals surface area contributed by atoms with Gasteiger partial charge in [0.15, 0.2) is 17.7 Å². The van der Waals surface area contributed by atoms with E-state index >= 15 is 0 Å². The number of guanidine groups is 2. The number of hydroxylamine groups is 3. The topological polar surface area (TPSA) is 270 Å². The number of carbonyl (C=O) groups excluding carboxylic acids is 2. The fraction of sp³-hybridized carbons (Fsp3) is 0.750. The van der Waals surface area contributed by atoms with Gasteiger partial charge < -0.3 is 20.1 Å². The van der Waals surface area contributed by atoms with E-state index in [0.29, 0.717) is 0 Å². The Bertz CT molecular complexity index is 1020.